The standard InChI is InChI=1S/C6H14BrNO2S/c1-5(2)11(9,10)8-6(3)4-7/h5-6,8H,4H2,1-3H3. The van der Waals surface area contributed by atoms with E-state index in [4.69, 9.17) is 0 Å². The zero-order chi connectivity index (χ0) is 9.07. The highest BCUT2D eigenvalue weighted by atomic mass is 79.9. The molecule has 1 unspecified atom stereocenters. The zero-order valence-electron chi connectivity index (χ0n) is 6.96. The van der Waals surface area contributed by atoms with Gasteiger partial charge in [-0.3, -0.25) is 0 Å². The van der Waals surface area contributed by atoms with E-state index in [1.54, 1.807) is 13.8 Å². The lowest BCUT2D eigenvalue weighted by atomic mass is 10.4. The Hall–Kier alpha value is 0.390. The lowest BCUT2D eigenvalue weighted by molar-refractivity contribution is 0.562. The van der Waals surface area contributed by atoms with Gasteiger partial charge in [-0.2, -0.15) is 0 Å². The van der Waals surface area contributed by atoms with Crippen LogP contribution in [0.5, 0.6) is 0 Å². The molecule has 1 N–H and O–H groups in total. The summed E-state index contributed by atoms with van der Waals surface area (Å²) in [5.74, 6) is 0. The molecule has 0 spiro atoms. The third-order valence-corrected chi connectivity index (χ3v) is 4.16. The van der Waals surface area contributed by atoms with Crippen molar-refractivity contribution < 1.29 is 8.42 Å². The molecule has 0 fully saturated rings. The molecule has 0 bridgehead atoms. The second-order valence-electron chi connectivity index (χ2n) is 2.77. The maximum absolute atomic E-state index is 11.2. The van der Waals surface area contributed by atoms with Crippen molar-refractivity contribution in [3.05, 3.63) is 0 Å². The van der Waals surface area contributed by atoms with Crippen molar-refractivity contribution in [2.24, 2.45) is 0 Å². The highest BCUT2D eigenvalue weighted by Crippen LogP contribution is 1.99. The maximum Gasteiger partial charge on any atom is 0.214 e. The second kappa shape index (κ2) is 4.42. The largest absolute Gasteiger partial charge is 0.214 e. The van der Waals surface area contributed by atoms with Crippen LogP contribution in [0.25, 0.3) is 0 Å². The van der Waals surface area contributed by atoms with E-state index in [0.717, 1.165) is 0 Å². The fourth-order valence-corrected chi connectivity index (χ4v) is 1.74. The van der Waals surface area contributed by atoms with Crippen LogP contribution >= 0.6 is 15.9 Å². The van der Waals surface area contributed by atoms with Gasteiger partial charge in [0.1, 0.15) is 0 Å². The van der Waals surface area contributed by atoms with Crippen LogP contribution < -0.4 is 4.72 Å². The molecule has 0 radical (unpaired) electrons. The van der Waals surface area contributed by atoms with Gasteiger partial charge in [0, 0.05) is 11.4 Å². The lowest BCUT2D eigenvalue weighted by Gasteiger charge is -2.13. The lowest BCUT2D eigenvalue weighted by Crippen LogP contribution is -2.38. The van der Waals surface area contributed by atoms with E-state index >= 15 is 0 Å². The molecule has 0 aliphatic rings. The van der Waals surface area contributed by atoms with E-state index in [1.807, 2.05) is 6.92 Å². The Bertz CT molecular complexity index is 201. The first kappa shape index (κ1) is 11.4. The summed E-state index contributed by atoms with van der Waals surface area (Å²) >= 11 is 3.19. The Labute approximate surface area is 76.7 Å². The SMILES string of the molecule is CC(CBr)NS(=O)(=O)C(C)C. The van der Waals surface area contributed by atoms with Crippen LogP contribution in [0.4, 0.5) is 0 Å². The number of rotatable bonds is 4. The van der Waals surface area contributed by atoms with E-state index in [9.17, 15) is 8.42 Å². The minimum absolute atomic E-state index is 0.0394. The summed E-state index contributed by atoms with van der Waals surface area (Å²) in [5, 5.41) is 0.280. The molecule has 68 valence electrons. The van der Waals surface area contributed by atoms with Crippen molar-refractivity contribution in [1.29, 1.82) is 0 Å². The first-order valence-electron chi connectivity index (χ1n) is 3.47. The van der Waals surface area contributed by atoms with Crippen LogP contribution in [0.3, 0.4) is 0 Å². The van der Waals surface area contributed by atoms with Crippen LogP contribution in [0.15, 0.2) is 0 Å². The van der Waals surface area contributed by atoms with Crippen LogP contribution in [-0.2, 0) is 10.0 Å². The fourth-order valence-electron chi connectivity index (χ4n) is 0.448. The van der Waals surface area contributed by atoms with Gasteiger partial charge in [-0.1, -0.05) is 15.9 Å². The molecule has 5 heteroatoms. The van der Waals surface area contributed by atoms with E-state index in [-0.39, 0.29) is 11.3 Å². The van der Waals surface area contributed by atoms with Gasteiger partial charge in [0.25, 0.3) is 0 Å². The summed E-state index contributed by atoms with van der Waals surface area (Å²) in [4.78, 5) is 0. The number of nitrogens with one attached hydrogen (secondary N) is 1. The van der Waals surface area contributed by atoms with Crippen molar-refractivity contribution >= 4 is 26.0 Å². The minimum atomic E-state index is -3.09. The Morgan fingerprint density at radius 2 is 1.82 bits per heavy atom. The highest BCUT2D eigenvalue weighted by molar-refractivity contribution is 9.09. The molecule has 11 heavy (non-hydrogen) atoms. The Kier molecular flexibility index (Phi) is 4.58. The highest BCUT2D eigenvalue weighted by Gasteiger charge is 2.17. The summed E-state index contributed by atoms with van der Waals surface area (Å²) in [5.41, 5.74) is 0. The zero-order valence-corrected chi connectivity index (χ0v) is 9.37. The molecule has 3 nitrogen and oxygen atoms in total. The summed E-state index contributed by atoms with van der Waals surface area (Å²) in [6.07, 6.45) is 0. The third kappa shape index (κ3) is 4.08. The molecular weight excluding hydrogens is 230 g/mol. The van der Waals surface area contributed by atoms with Crippen molar-refractivity contribution in [2.45, 2.75) is 32.1 Å². The predicted molar refractivity (Wildman–Crippen MR) is 50.4 cm³/mol. The number of sulfonamides is 1. The number of hydrogen-bond acceptors (Lipinski definition) is 2. The van der Waals surface area contributed by atoms with Crippen molar-refractivity contribution in [1.82, 2.24) is 4.72 Å². The average Bonchev–Trinajstić information content (AvgIpc) is 1.86. The van der Waals surface area contributed by atoms with E-state index in [1.165, 1.54) is 0 Å². The molecule has 0 aromatic rings. The molecule has 0 saturated carbocycles. The average molecular weight is 244 g/mol. The number of halogens is 1. The van der Waals surface area contributed by atoms with Gasteiger partial charge in [-0.25, -0.2) is 13.1 Å². The number of alkyl halides is 1. The fraction of sp³-hybridized carbons (Fsp3) is 1.00. The van der Waals surface area contributed by atoms with Gasteiger partial charge in [0.2, 0.25) is 10.0 Å². The quantitative estimate of drug-likeness (QED) is 0.752. The predicted octanol–water partition coefficient (Wildman–Crippen LogP) is 1.10. The first-order chi connectivity index (χ1) is 4.90. The normalized spacial score (nSPS) is 15.4. The molecule has 0 aromatic carbocycles. The molecule has 0 amide bonds. The number of hydrogen-bond donors (Lipinski definition) is 1. The van der Waals surface area contributed by atoms with Crippen molar-refractivity contribution in [3.63, 3.8) is 0 Å². The van der Waals surface area contributed by atoms with Crippen molar-refractivity contribution in [2.75, 3.05) is 5.33 Å². The molecule has 0 aromatic heterocycles. The minimum Gasteiger partial charge on any atom is -0.212 e. The smallest absolute Gasteiger partial charge is 0.212 e. The van der Waals surface area contributed by atoms with E-state index in [2.05, 4.69) is 20.7 Å². The van der Waals surface area contributed by atoms with E-state index in [0.29, 0.717) is 5.33 Å². The van der Waals surface area contributed by atoms with Crippen LogP contribution in [0, 0.1) is 0 Å². The Morgan fingerprint density at radius 3 is 2.09 bits per heavy atom. The van der Waals surface area contributed by atoms with Gasteiger partial charge in [-0.15, -0.1) is 0 Å². The monoisotopic (exact) mass is 243 g/mol. The first-order valence-corrected chi connectivity index (χ1v) is 6.14. The Morgan fingerprint density at radius 1 is 1.36 bits per heavy atom. The molecule has 0 aliphatic carbocycles. The topological polar surface area (TPSA) is 46.2 Å². The summed E-state index contributed by atoms with van der Waals surface area (Å²) in [7, 11) is -3.09. The molecule has 0 heterocycles. The third-order valence-electron chi connectivity index (χ3n) is 1.22. The van der Waals surface area contributed by atoms with Gasteiger partial charge in [0.05, 0.1) is 5.25 Å². The molecule has 0 saturated heterocycles. The maximum atomic E-state index is 11.2. The Balaban J connectivity index is 4.15. The summed E-state index contributed by atoms with van der Waals surface area (Å²) in [6, 6.07) is -0.0394. The van der Waals surface area contributed by atoms with Gasteiger partial charge >= 0.3 is 0 Å². The summed E-state index contributed by atoms with van der Waals surface area (Å²) in [6.45, 7) is 5.13. The molecule has 0 aliphatic heterocycles. The summed E-state index contributed by atoms with van der Waals surface area (Å²) < 4.78 is 24.9. The van der Waals surface area contributed by atoms with E-state index < -0.39 is 10.0 Å². The van der Waals surface area contributed by atoms with Crippen molar-refractivity contribution in [3.8, 4) is 0 Å². The van der Waals surface area contributed by atoms with Crippen LogP contribution in [-0.4, -0.2) is 25.0 Å². The van der Waals surface area contributed by atoms with Gasteiger partial charge < -0.3 is 0 Å². The second-order valence-corrected chi connectivity index (χ2v) is 5.68. The van der Waals surface area contributed by atoms with Gasteiger partial charge in [-0.05, 0) is 20.8 Å². The molecular formula is C6H14BrNO2S. The van der Waals surface area contributed by atoms with Crippen LogP contribution in [0.1, 0.15) is 20.8 Å². The molecule has 0 rings (SSSR count). The van der Waals surface area contributed by atoms with Gasteiger partial charge in [0.15, 0.2) is 0 Å². The van der Waals surface area contributed by atoms with Crippen LogP contribution in [0.2, 0.25) is 0 Å². The molecule has 1 atom stereocenters.